The van der Waals surface area contributed by atoms with Gasteiger partial charge in [-0.1, -0.05) is 13.8 Å². The van der Waals surface area contributed by atoms with E-state index >= 15 is 0 Å². The number of nitrogens with zero attached hydrogens (tertiary/aromatic N) is 1. The fourth-order valence-corrected chi connectivity index (χ4v) is 1.15. The molecule has 4 nitrogen and oxygen atoms in total. The van der Waals surface area contributed by atoms with Crippen molar-refractivity contribution >= 4 is 36.4 Å². The first-order valence-electron chi connectivity index (χ1n) is 5.00. The molecule has 1 aromatic rings. The van der Waals surface area contributed by atoms with Crippen LogP contribution in [0.25, 0.3) is 0 Å². The summed E-state index contributed by atoms with van der Waals surface area (Å²) in [6, 6.07) is 3.08. The highest BCUT2D eigenvalue weighted by atomic mass is 35.5. The number of anilines is 1. The van der Waals surface area contributed by atoms with Gasteiger partial charge in [-0.25, -0.2) is 0 Å². The summed E-state index contributed by atoms with van der Waals surface area (Å²) in [7, 11) is 0. The number of pyridine rings is 1. The van der Waals surface area contributed by atoms with Crippen molar-refractivity contribution in [2.45, 2.75) is 26.8 Å². The number of carbonyl (C=O) groups is 1. The van der Waals surface area contributed by atoms with Crippen molar-refractivity contribution in [3.05, 3.63) is 24.0 Å². The molecule has 0 aliphatic rings. The number of halogens is 2. The minimum atomic E-state index is -0.474. The number of rotatable bonds is 3. The maximum atomic E-state index is 11.6. The number of carbonyl (C=O) groups excluding carboxylic acids is 1. The highest BCUT2D eigenvalue weighted by Crippen LogP contribution is 2.08. The number of aromatic nitrogens is 1. The summed E-state index contributed by atoms with van der Waals surface area (Å²) in [4.78, 5) is 15.7. The van der Waals surface area contributed by atoms with E-state index in [1.165, 1.54) is 0 Å². The van der Waals surface area contributed by atoms with Crippen molar-refractivity contribution in [3.63, 3.8) is 0 Å². The summed E-state index contributed by atoms with van der Waals surface area (Å²) >= 11 is 0. The van der Waals surface area contributed by atoms with E-state index < -0.39 is 6.04 Å². The smallest absolute Gasteiger partial charge is 0.241 e. The predicted octanol–water partition coefficient (Wildman–Crippen LogP) is 2.16. The lowest BCUT2D eigenvalue weighted by atomic mass is 10.1. The van der Waals surface area contributed by atoms with Crippen LogP contribution in [0.15, 0.2) is 18.3 Å². The first kappa shape index (κ1) is 18.5. The summed E-state index contributed by atoms with van der Waals surface area (Å²) in [5.41, 5.74) is 7.32. The zero-order chi connectivity index (χ0) is 11.4. The lowest BCUT2D eigenvalue weighted by molar-refractivity contribution is -0.118. The molecule has 0 aliphatic heterocycles. The van der Waals surface area contributed by atoms with Gasteiger partial charge in [0.05, 0.1) is 6.04 Å². The van der Waals surface area contributed by atoms with Crippen LogP contribution in [-0.4, -0.2) is 16.9 Å². The lowest BCUT2D eigenvalue weighted by Crippen LogP contribution is -2.39. The molecule has 6 heteroatoms. The highest BCUT2D eigenvalue weighted by Gasteiger charge is 2.16. The molecular weight excluding hydrogens is 261 g/mol. The standard InChI is InChI=1S/C11H17N3O.2ClH/c1-7(2)10(12)11(15)14-9-4-5-13-8(3)6-9;;/h4-7,10H,12H2,1-3H3,(H,13,14,15);2*1H. The molecule has 0 fully saturated rings. The number of amides is 1. The van der Waals surface area contributed by atoms with Crippen LogP contribution in [0.2, 0.25) is 0 Å². The summed E-state index contributed by atoms with van der Waals surface area (Å²) in [5, 5.41) is 2.76. The number of nitrogens with one attached hydrogen (secondary N) is 1. The molecule has 1 atom stereocenters. The van der Waals surface area contributed by atoms with Gasteiger partial charge < -0.3 is 11.1 Å². The first-order chi connectivity index (χ1) is 7.00. The number of hydrogen-bond donors (Lipinski definition) is 2. The summed E-state index contributed by atoms with van der Waals surface area (Å²) in [5.74, 6) is -0.0245. The average Bonchev–Trinajstić information content (AvgIpc) is 2.16. The van der Waals surface area contributed by atoms with E-state index in [0.717, 1.165) is 11.4 Å². The topological polar surface area (TPSA) is 68.0 Å². The van der Waals surface area contributed by atoms with E-state index in [1.54, 1.807) is 12.3 Å². The largest absolute Gasteiger partial charge is 0.325 e. The fourth-order valence-electron chi connectivity index (χ4n) is 1.15. The third-order valence-electron chi connectivity index (χ3n) is 2.19. The summed E-state index contributed by atoms with van der Waals surface area (Å²) in [6.07, 6.45) is 1.66. The van der Waals surface area contributed by atoms with Crippen LogP contribution in [0.3, 0.4) is 0 Å². The summed E-state index contributed by atoms with van der Waals surface area (Å²) < 4.78 is 0. The minimum Gasteiger partial charge on any atom is -0.325 e. The first-order valence-corrected chi connectivity index (χ1v) is 5.00. The third-order valence-corrected chi connectivity index (χ3v) is 2.19. The normalized spacial score (nSPS) is 11.1. The van der Waals surface area contributed by atoms with Gasteiger partial charge in [-0.05, 0) is 25.0 Å². The Morgan fingerprint density at radius 3 is 2.47 bits per heavy atom. The molecule has 0 aromatic carbocycles. The lowest BCUT2D eigenvalue weighted by Gasteiger charge is -2.15. The van der Waals surface area contributed by atoms with E-state index in [1.807, 2.05) is 26.8 Å². The van der Waals surface area contributed by atoms with Crippen LogP contribution in [-0.2, 0) is 4.79 Å². The maximum Gasteiger partial charge on any atom is 0.241 e. The Morgan fingerprint density at radius 2 is 2.00 bits per heavy atom. The Morgan fingerprint density at radius 1 is 1.41 bits per heavy atom. The van der Waals surface area contributed by atoms with Gasteiger partial charge in [0.1, 0.15) is 0 Å². The van der Waals surface area contributed by atoms with Crippen molar-refractivity contribution in [2.24, 2.45) is 11.7 Å². The molecule has 0 saturated carbocycles. The van der Waals surface area contributed by atoms with Gasteiger partial charge >= 0.3 is 0 Å². The number of nitrogens with two attached hydrogens (primary N) is 1. The molecule has 1 aromatic heterocycles. The monoisotopic (exact) mass is 279 g/mol. The Balaban J connectivity index is 0. The molecule has 1 unspecified atom stereocenters. The molecule has 1 heterocycles. The Labute approximate surface area is 114 Å². The average molecular weight is 280 g/mol. The Kier molecular flexibility index (Phi) is 9.02. The van der Waals surface area contributed by atoms with Gasteiger partial charge in [-0.2, -0.15) is 0 Å². The van der Waals surface area contributed by atoms with Gasteiger partial charge in [0.2, 0.25) is 5.91 Å². The number of aryl methyl sites for hydroxylation is 1. The quantitative estimate of drug-likeness (QED) is 0.891. The molecule has 0 aliphatic carbocycles. The van der Waals surface area contributed by atoms with Gasteiger partial charge in [0.15, 0.2) is 0 Å². The Bertz CT molecular complexity index is 358. The fraction of sp³-hybridized carbons (Fsp3) is 0.455. The van der Waals surface area contributed by atoms with Crippen LogP contribution in [0.1, 0.15) is 19.5 Å². The molecular formula is C11H19Cl2N3O. The molecule has 1 amide bonds. The van der Waals surface area contributed by atoms with Crippen molar-refractivity contribution in [3.8, 4) is 0 Å². The van der Waals surface area contributed by atoms with Gasteiger partial charge in [0, 0.05) is 17.6 Å². The van der Waals surface area contributed by atoms with E-state index in [9.17, 15) is 4.79 Å². The SMILES string of the molecule is Cc1cc(NC(=O)C(N)C(C)C)ccn1.Cl.Cl. The van der Waals surface area contributed by atoms with Crippen molar-refractivity contribution in [1.82, 2.24) is 4.98 Å². The zero-order valence-electron chi connectivity index (χ0n) is 10.1. The highest BCUT2D eigenvalue weighted by molar-refractivity contribution is 5.94. The molecule has 1 rings (SSSR count). The zero-order valence-corrected chi connectivity index (χ0v) is 11.8. The maximum absolute atomic E-state index is 11.6. The van der Waals surface area contributed by atoms with Gasteiger partial charge in [-0.15, -0.1) is 24.8 Å². The van der Waals surface area contributed by atoms with Gasteiger partial charge in [-0.3, -0.25) is 9.78 Å². The summed E-state index contributed by atoms with van der Waals surface area (Å²) in [6.45, 7) is 5.71. The van der Waals surface area contributed by atoms with Crippen LogP contribution in [0, 0.1) is 12.8 Å². The Hall–Kier alpha value is -0.840. The van der Waals surface area contributed by atoms with Crippen LogP contribution < -0.4 is 11.1 Å². The molecule has 0 saturated heterocycles. The van der Waals surface area contributed by atoms with Crippen molar-refractivity contribution in [2.75, 3.05) is 5.32 Å². The van der Waals surface area contributed by atoms with Crippen molar-refractivity contribution < 1.29 is 4.79 Å². The van der Waals surface area contributed by atoms with Gasteiger partial charge in [0.25, 0.3) is 0 Å². The second kappa shape index (κ2) is 8.28. The molecule has 0 bridgehead atoms. The molecule has 17 heavy (non-hydrogen) atoms. The molecule has 0 spiro atoms. The van der Waals surface area contributed by atoms with E-state index in [4.69, 9.17) is 5.73 Å². The second-order valence-corrected chi connectivity index (χ2v) is 3.94. The van der Waals surface area contributed by atoms with Crippen molar-refractivity contribution in [1.29, 1.82) is 0 Å². The van der Waals surface area contributed by atoms with Crippen LogP contribution >= 0.6 is 24.8 Å². The van der Waals surface area contributed by atoms with E-state index in [2.05, 4.69) is 10.3 Å². The third kappa shape index (κ3) is 5.86. The predicted molar refractivity (Wildman–Crippen MR) is 74.9 cm³/mol. The molecule has 98 valence electrons. The number of hydrogen-bond acceptors (Lipinski definition) is 3. The minimum absolute atomic E-state index is 0. The van der Waals surface area contributed by atoms with E-state index in [0.29, 0.717) is 0 Å². The van der Waals surface area contributed by atoms with E-state index in [-0.39, 0.29) is 36.6 Å². The van der Waals surface area contributed by atoms with Crippen LogP contribution in [0.5, 0.6) is 0 Å². The second-order valence-electron chi connectivity index (χ2n) is 3.94. The van der Waals surface area contributed by atoms with Crippen LogP contribution in [0.4, 0.5) is 5.69 Å². The molecule has 0 radical (unpaired) electrons. The molecule has 3 N–H and O–H groups in total.